The molecule has 0 amide bonds. The first kappa shape index (κ1) is 29.8. The minimum absolute atomic E-state index is 0. The van der Waals surface area contributed by atoms with Gasteiger partial charge in [0.05, 0.1) is 0 Å². The Morgan fingerprint density at radius 1 is 0.889 bits per heavy atom. The van der Waals surface area contributed by atoms with Crippen molar-refractivity contribution in [2.24, 2.45) is 0 Å². The van der Waals surface area contributed by atoms with Crippen LogP contribution in [0.2, 0.25) is 0 Å². The Morgan fingerprint density at radius 2 is 0.889 bits per heavy atom. The maximum absolute atomic E-state index is 8.58. The molecule has 0 aliphatic rings. The summed E-state index contributed by atoms with van der Waals surface area (Å²) in [7, 11) is -5.61. The Bertz CT molecular complexity index is 36.0. The van der Waals surface area contributed by atoms with Gasteiger partial charge in [0, 0.05) is 0 Å². The number of hydrogen-bond donors (Lipinski definition) is 0. The molecule has 0 N–H and O–H groups in total. The Balaban J connectivity index is -0.0000000133. The molecule has 0 heterocycles. The molecule has 0 aromatic heterocycles. The summed E-state index contributed by atoms with van der Waals surface area (Å²) < 4.78 is 0. The Kier molecular flexibility index (Phi) is 44.3. The second kappa shape index (κ2) is 13.4. The van der Waals surface area contributed by atoms with Crippen LogP contribution in [0.1, 0.15) is 0 Å². The first-order chi connectivity index (χ1) is 2.00. The molecule has 9 heteroatoms. The molecule has 0 saturated carbocycles. The molecular weight excluding hydrogens is 274 g/mol. The third-order valence-electron chi connectivity index (χ3n) is 0. The topological polar surface area (TPSA) is 92.2 Å². The van der Waals surface area contributed by atoms with E-state index in [0.717, 1.165) is 0 Å². The van der Waals surface area contributed by atoms with E-state index in [1.165, 1.54) is 0 Å². The molecule has 0 saturated heterocycles. The van der Waals surface area contributed by atoms with Gasteiger partial charge in [-0.25, -0.2) is 0 Å². The van der Waals surface area contributed by atoms with Gasteiger partial charge in [-0.15, -0.1) is 0 Å². The Morgan fingerprint density at radius 3 is 0.889 bits per heavy atom. The van der Waals surface area contributed by atoms with Crippen molar-refractivity contribution in [2.75, 3.05) is 0 Å². The van der Waals surface area contributed by atoms with Crippen molar-refractivity contribution in [2.45, 2.75) is 0 Å². The quantitative estimate of drug-likeness (QED) is 0.410. The van der Waals surface area contributed by atoms with Crippen LogP contribution in [0.5, 0.6) is 0 Å². The average molecular weight is 274 g/mol. The van der Waals surface area contributed by atoms with Crippen LogP contribution in [0.3, 0.4) is 0 Å². The van der Waals surface area contributed by atoms with Crippen molar-refractivity contribution in [3.63, 3.8) is 0 Å². The summed E-state index contributed by atoms with van der Waals surface area (Å²) in [6, 6.07) is 0. The molecule has 0 aromatic rings. The summed E-state index contributed by atoms with van der Waals surface area (Å²) in [6.07, 6.45) is 0. The maximum Gasteiger partial charge on any atom is 4.00 e. The summed E-state index contributed by atoms with van der Waals surface area (Å²) in [6.45, 7) is 0. The number of hydrogen-bond acceptors (Lipinski definition) is 4. The van der Waals surface area contributed by atoms with E-state index in [1.807, 2.05) is 0 Å². The molecule has 4 nitrogen and oxygen atoms in total. The minimum atomic E-state index is -5.61. The smallest absolute Gasteiger partial charge is 0.894 e. The number of rotatable bonds is 0. The van der Waals surface area contributed by atoms with Gasteiger partial charge in [0.25, 0.3) is 0 Å². The van der Waals surface area contributed by atoms with Gasteiger partial charge in [0.15, 0.2) is 0 Å². The fraction of sp³-hybridized carbons (Fsp3) is 0. The third kappa shape index (κ3) is 106. The summed E-state index contributed by atoms with van der Waals surface area (Å²) in [5.74, 6) is 0. The standard InChI is InChI=1S/Fe.Mn.Na.O4Si.Ti/c;;;1-5(2,3)4;/q2*+2;+1;-4;+4. The van der Waals surface area contributed by atoms with E-state index in [9.17, 15) is 0 Å². The molecule has 0 unspecified atom stereocenters. The van der Waals surface area contributed by atoms with E-state index in [2.05, 4.69) is 0 Å². The largest absolute Gasteiger partial charge is 4.00 e. The predicted octanol–water partition coefficient (Wildman–Crippen LogP) is -8.14. The zero-order valence-corrected chi connectivity index (χ0v) is 11.2. The van der Waals surface area contributed by atoms with Gasteiger partial charge in [-0.2, -0.15) is 0 Å². The van der Waals surface area contributed by atoms with Gasteiger partial charge in [-0.3, -0.25) is 0 Å². The molecular formula is FeMnNaO4SiTi+5. The van der Waals surface area contributed by atoms with E-state index < -0.39 is 9.05 Å². The molecule has 0 atom stereocenters. The Labute approximate surface area is 112 Å². The second-order valence-electron chi connectivity index (χ2n) is 0.500. The molecule has 0 bridgehead atoms. The van der Waals surface area contributed by atoms with E-state index in [4.69, 9.17) is 19.2 Å². The van der Waals surface area contributed by atoms with Crippen LogP contribution >= 0.6 is 0 Å². The van der Waals surface area contributed by atoms with Crippen molar-refractivity contribution < 1.29 is 105 Å². The molecule has 0 fully saturated rings. The molecule has 1 radical (unpaired) electrons. The monoisotopic (exact) mass is 274 g/mol. The summed E-state index contributed by atoms with van der Waals surface area (Å²) in [4.78, 5) is 34.3. The second-order valence-corrected chi connectivity index (χ2v) is 1.50. The van der Waals surface area contributed by atoms with Crippen LogP contribution in [-0.2, 0) is 55.9 Å². The average Bonchev–Trinajstić information content (AvgIpc) is 0.722. The van der Waals surface area contributed by atoms with Crippen LogP contribution in [0.25, 0.3) is 0 Å². The van der Waals surface area contributed by atoms with E-state index in [1.54, 1.807) is 0 Å². The van der Waals surface area contributed by atoms with E-state index in [0.29, 0.717) is 0 Å². The SMILES string of the molecule is [Fe+2].[Mn+2].[Na+].[O-][Si]([O-])([O-])[O-].[Ti+4]. The van der Waals surface area contributed by atoms with E-state index in [-0.39, 0.29) is 85.4 Å². The fourth-order valence-corrected chi connectivity index (χ4v) is 0. The summed E-state index contributed by atoms with van der Waals surface area (Å²) in [5, 5.41) is 0. The van der Waals surface area contributed by atoms with Crippen LogP contribution in [0, 0.1) is 0 Å². The zero-order chi connectivity index (χ0) is 4.50. The molecule has 0 rings (SSSR count). The predicted molar refractivity (Wildman–Crippen MR) is 5.75 cm³/mol. The van der Waals surface area contributed by atoms with Crippen molar-refractivity contribution in [3.8, 4) is 0 Å². The van der Waals surface area contributed by atoms with Crippen LogP contribution in [-0.4, -0.2) is 9.05 Å². The molecule has 0 aliphatic carbocycles. The zero-order valence-electron chi connectivity index (χ0n) is 4.36. The van der Waals surface area contributed by atoms with Crippen molar-refractivity contribution in [1.29, 1.82) is 0 Å². The summed E-state index contributed by atoms with van der Waals surface area (Å²) in [5.41, 5.74) is 0. The fourth-order valence-electron chi connectivity index (χ4n) is 0. The van der Waals surface area contributed by atoms with Crippen molar-refractivity contribution in [3.05, 3.63) is 0 Å². The van der Waals surface area contributed by atoms with Crippen molar-refractivity contribution >= 4 is 9.05 Å². The van der Waals surface area contributed by atoms with Gasteiger partial charge < -0.3 is 28.2 Å². The van der Waals surface area contributed by atoms with Crippen LogP contribution in [0.15, 0.2) is 0 Å². The van der Waals surface area contributed by atoms with Crippen molar-refractivity contribution in [1.82, 2.24) is 0 Å². The van der Waals surface area contributed by atoms with Gasteiger partial charge in [-0.1, -0.05) is 0 Å². The molecule has 43 valence electrons. The summed E-state index contributed by atoms with van der Waals surface area (Å²) >= 11 is 0. The molecule has 0 aliphatic heterocycles. The minimum Gasteiger partial charge on any atom is -0.894 e. The first-order valence-corrected chi connectivity index (χ1v) is 2.45. The third-order valence-corrected chi connectivity index (χ3v) is 0. The van der Waals surface area contributed by atoms with Gasteiger partial charge >= 0.3 is 85.4 Å². The first-order valence-electron chi connectivity index (χ1n) is 0.816. The van der Waals surface area contributed by atoms with Crippen LogP contribution < -0.4 is 48.7 Å². The molecule has 0 spiro atoms. The van der Waals surface area contributed by atoms with Gasteiger partial charge in [0.1, 0.15) is 0 Å². The van der Waals surface area contributed by atoms with Gasteiger partial charge in [-0.05, 0) is 0 Å². The molecule has 0 aromatic carbocycles. The normalized spacial score (nSPS) is 6.67. The maximum atomic E-state index is 8.58. The van der Waals surface area contributed by atoms with Gasteiger partial charge in [0.2, 0.25) is 0 Å². The Hall–Kier alpha value is 2.81. The molecule has 9 heavy (non-hydrogen) atoms. The van der Waals surface area contributed by atoms with Crippen LogP contribution in [0.4, 0.5) is 0 Å². The van der Waals surface area contributed by atoms with E-state index >= 15 is 0 Å².